The van der Waals surface area contributed by atoms with Crippen molar-refractivity contribution in [3.8, 4) is 0 Å². The van der Waals surface area contributed by atoms with Crippen molar-refractivity contribution in [2.24, 2.45) is 5.92 Å². The highest BCUT2D eigenvalue weighted by Crippen LogP contribution is 2.18. The van der Waals surface area contributed by atoms with Gasteiger partial charge in [0.2, 0.25) is 0 Å². The van der Waals surface area contributed by atoms with E-state index in [2.05, 4.69) is 10.4 Å². The zero-order chi connectivity index (χ0) is 18.0. The predicted molar refractivity (Wildman–Crippen MR) is 100 cm³/mol. The Bertz CT molecular complexity index is 995. The lowest BCUT2D eigenvalue weighted by Gasteiger charge is -2.12. The van der Waals surface area contributed by atoms with Crippen molar-refractivity contribution in [2.45, 2.75) is 20.4 Å². The number of nitrogens with zero attached hydrogens (tertiary/aromatic N) is 2. The highest BCUT2D eigenvalue weighted by atomic mass is 35.5. The van der Waals surface area contributed by atoms with Gasteiger partial charge in [0.1, 0.15) is 0 Å². The van der Waals surface area contributed by atoms with E-state index < -0.39 is 0 Å². The van der Waals surface area contributed by atoms with Crippen LogP contribution in [0, 0.1) is 5.92 Å². The van der Waals surface area contributed by atoms with E-state index in [-0.39, 0.29) is 23.1 Å². The maximum Gasteiger partial charge on any atom is 0.276 e. The molecular formula is C19H18ClN3O2. The van der Waals surface area contributed by atoms with Crippen molar-refractivity contribution in [2.75, 3.05) is 5.32 Å². The second kappa shape index (κ2) is 7.07. The number of amides is 1. The first-order valence-electron chi connectivity index (χ1n) is 8.02. The number of hydrogen-bond donors (Lipinski definition) is 1. The van der Waals surface area contributed by atoms with Gasteiger partial charge >= 0.3 is 0 Å². The van der Waals surface area contributed by atoms with Gasteiger partial charge in [-0.25, -0.2) is 4.68 Å². The smallest absolute Gasteiger partial charge is 0.276 e. The zero-order valence-corrected chi connectivity index (χ0v) is 14.7. The van der Waals surface area contributed by atoms with E-state index >= 15 is 0 Å². The number of carbonyl (C=O) groups excluding carboxylic acids is 1. The average Bonchev–Trinajstić information content (AvgIpc) is 2.57. The quantitative estimate of drug-likeness (QED) is 0.770. The van der Waals surface area contributed by atoms with Gasteiger partial charge in [0.15, 0.2) is 5.69 Å². The van der Waals surface area contributed by atoms with Gasteiger partial charge in [0.25, 0.3) is 11.5 Å². The van der Waals surface area contributed by atoms with Crippen LogP contribution in [0.4, 0.5) is 5.69 Å². The van der Waals surface area contributed by atoms with Crippen molar-refractivity contribution in [1.82, 2.24) is 9.78 Å². The summed E-state index contributed by atoms with van der Waals surface area (Å²) in [6.45, 7) is 4.44. The Labute approximate surface area is 150 Å². The Hall–Kier alpha value is -2.66. The van der Waals surface area contributed by atoms with Crippen molar-refractivity contribution in [1.29, 1.82) is 0 Å². The molecule has 1 N–H and O–H groups in total. The molecule has 0 saturated heterocycles. The number of carbonyl (C=O) groups is 1. The molecule has 1 aromatic heterocycles. The van der Waals surface area contributed by atoms with E-state index in [1.807, 2.05) is 13.8 Å². The molecule has 0 bridgehead atoms. The summed E-state index contributed by atoms with van der Waals surface area (Å²) in [7, 11) is 0. The molecule has 0 fully saturated rings. The normalized spacial score (nSPS) is 11.0. The summed E-state index contributed by atoms with van der Waals surface area (Å²) in [5.74, 6) is -0.147. The number of anilines is 1. The molecule has 0 spiro atoms. The minimum absolute atomic E-state index is 0.191. The summed E-state index contributed by atoms with van der Waals surface area (Å²) in [5, 5.41) is 8.65. The average molecular weight is 356 g/mol. The fourth-order valence-corrected chi connectivity index (χ4v) is 2.82. The molecule has 0 unspecified atom stereocenters. The molecule has 25 heavy (non-hydrogen) atoms. The van der Waals surface area contributed by atoms with E-state index in [1.165, 1.54) is 4.68 Å². The van der Waals surface area contributed by atoms with Gasteiger partial charge in [-0.1, -0.05) is 49.7 Å². The number of fused-ring (bicyclic) bond motifs is 1. The van der Waals surface area contributed by atoms with Crippen LogP contribution >= 0.6 is 11.6 Å². The maximum absolute atomic E-state index is 12.8. The van der Waals surface area contributed by atoms with E-state index in [0.29, 0.717) is 28.0 Å². The number of nitrogens with one attached hydrogen (secondary N) is 1. The maximum atomic E-state index is 12.8. The molecular weight excluding hydrogens is 338 g/mol. The van der Waals surface area contributed by atoms with Gasteiger partial charge in [-0.2, -0.15) is 5.10 Å². The lowest BCUT2D eigenvalue weighted by molar-refractivity contribution is 0.102. The molecule has 0 saturated carbocycles. The van der Waals surface area contributed by atoms with Crippen LogP contribution in [-0.4, -0.2) is 15.7 Å². The lowest BCUT2D eigenvalue weighted by atomic mass is 10.1. The SMILES string of the molecule is CC(C)Cn1nc(C(=O)Nc2cccc(Cl)c2)c2ccccc2c1=O. The van der Waals surface area contributed by atoms with Crippen LogP contribution in [0.1, 0.15) is 24.3 Å². The Balaban J connectivity index is 2.09. The van der Waals surface area contributed by atoms with Crippen molar-refractivity contribution in [3.05, 3.63) is 69.6 Å². The Morgan fingerprint density at radius 2 is 1.88 bits per heavy atom. The van der Waals surface area contributed by atoms with Gasteiger partial charge in [-0.15, -0.1) is 0 Å². The summed E-state index contributed by atoms with van der Waals surface area (Å²) >= 11 is 5.96. The predicted octanol–water partition coefficient (Wildman–Crippen LogP) is 3.96. The minimum Gasteiger partial charge on any atom is -0.321 e. The minimum atomic E-state index is -0.379. The van der Waals surface area contributed by atoms with Crippen LogP contribution in [0.2, 0.25) is 5.02 Å². The lowest BCUT2D eigenvalue weighted by Crippen LogP contribution is -2.29. The number of rotatable bonds is 4. The molecule has 0 radical (unpaired) electrons. The number of hydrogen-bond acceptors (Lipinski definition) is 3. The molecule has 3 aromatic rings. The van der Waals surface area contributed by atoms with E-state index in [9.17, 15) is 9.59 Å². The summed E-state index contributed by atoms with van der Waals surface area (Å²) in [6.07, 6.45) is 0. The Morgan fingerprint density at radius 3 is 2.56 bits per heavy atom. The third-order valence-corrected chi connectivity index (χ3v) is 3.94. The van der Waals surface area contributed by atoms with Crippen LogP contribution in [0.5, 0.6) is 0 Å². The first-order valence-corrected chi connectivity index (χ1v) is 8.40. The monoisotopic (exact) mass is 355 g/mol. The molecule has 0 atom stereocenters. The summed E-state index contributed by atoms with van der Waals surface area (Å²) in [6, 6.07) is 13.9. The fourth-order valence-electron chi connectivity index (χ4n) is 2.63. The Kier molecular flexibility index (Phi) is 4.86. The number of benzene rings is 2. The number of halogens is 1. The molecule has 0 aliphatic rings. The van der Waals surface area contributed by atoms with Crippen LogP contribution < -0.4 is 10.9 Å². The summed E-state index contributed by atoms with van der Waals surface area (Å²) in [5.41, 5.74) is 0.601. The Morgan fingerprint density at radius 1 is 1.16 bits per heavy atom. The van der Waals surface area contributed by atoms with E-state index in [0.717, 1.165) is 0 Å². The van der Waals surface area contributed by atoms with Crippen molar-refractivity contribution >= 4 is 34.0 Å². The highest BCUT2D eigenvalue weighted by Gasteiger charge is 2.17. The molecule has 2 aromatic carbocycles. The molecule has 128 valence electrons. The molecule has 0 aliphatic heterocycles. The first-order chi connectivity index (χ1) is 12.0. The summed E-state index contributed by atoms with van der Waals surface area (Å²) < 4.78 is 1.36. The van der Waals surface area contributed by atoms with Crippen molar-refractivity contribution < 1.29 is 4.79 Å². The summed E-state index contributed by atoms with van der Waals surface area (Å²) in [4.78, 5) is 25.3. The zero-order valence-electron chi connectivity index (χ0n) is 14.0. The van der Waals surface area contributed by atoms with Gasteiger partial charge in [0.05, 0.1) is 5.39 Å². The van der Waals surface area contributed by atoms with Gasteiger partial charge < -0.3 is 5.32 Å². The fraction of sp³-hybridized carbons (Fsp3) is 0.211. The van der Waals surface area contributed by atoms with Gasteiger partial charge in [-0.3, -0.25) is 9.59 Å². The van der Waals surface area contributed by atoms with Gasteiger partial charge in [0, 0.05) is 22.6 Å². The van der Waals surface area contributed by atoms with Crippen LogP contribution in [-0.2, 0) is 6.54 Å². The molecule has 1 heterocycles. The molecule has 6 heteroatoms. The largest absolute Gasteiger partial charge is 0.321 e. The third-order valence-electron chi connectivity index (χ3n) is 3.70. The highest BCUT2D eigenvalue weighted by molar-refractivity contribution is 6.31. The molecule has 5 nitrogen and oxygen atoms in total. The number of aromatic nitrogens is 2. The van der Waals surface area contributed by atoms with E-state index in [1.54, 1.807) is 48.5 Å². The second-order valence-electron chi connectivity index (χ2n) is 6.24. The second-order valence-corrected chi connectivity index (χ2v) is 6.68. The first kappa shape index (κ1) is 17.2. The van der Waals surface area contributed by atoms with Crippen LogP contribution in [0.15, 0.2) is 53.3 Å². The van der Waals surface area contributed by atoms with Crippen molar-refractivity contribution in [3.63, 3.8) is 0 Å². The molecule has 0 aliphatic carbocycles. The third kappa shape index (κ3) is 3.72. The van der Waals surface area contributed by atoms with E-state index in [4.69, 9.17) is 11.6 Å². The van der Waals surface area contributed by atoms with Crippen LogP contribution in [0.3, 0.4) is 0 Å². The molecule has 3 rings (SSSR count). The van der Waals surface area contributed by atoms with Gasteiger partial charge in [-0.05, 0) is 30.2 Å². The molecule has 1 amide bonds. The topological polar surface area (TPSA) is 64.0 Å². The standard InChI is InChI=1S/C19H18ClN3O2/c1-12(2)11-23-19(25)16-9-4-3-8-15(16)17(22-23)18(24)21-14-7-5-6-13(20)10-14/h3-10,12H,11H2,1-2H3,(H,21,24). The van der Waals surface area contributed by atoms with Crippen LogP contribution in [0.25, 0.3) is 10.8 Å².